The number of rotatable bonds is 2. The lowest BCUT2D eigenvalue weighted by Gasteiger charge is -2.22. The van der Waals surface area contributed by atoms with Crippen molar-refractivity contribution in [3.05, 3.63) is 30.2 Å². The maximum absolute atomic E-state index is 4.66. The van der Waals surface area contributed by atoms with E-state index in [-0.39, 0.29) is 0 Å². The van der Waals surface area contributed by atoms with Crippen LogP contribution in [0.2, 0.25) is 0 Å². The van der Waals surface area contributed by atoms with Gasteiger partial charge in [-0.2, -0.15) is 5.10 Å². The van der Waals surface area contributed by atoms with Crippen molar-refractivity contribution in [1.82, 2.24) is 19.5 Å². The number of likely N-dealkylation sites (tertiary alicyclic amines) is 1. The number of fused-ring (bicyclic) bond motifs is 2. The smallest absolute Gasteiger partial charge is 0.155 e. The van der Waals surface area contributed by atoms with Crippen LogP contribution in [0.3, 0.4) is 0 Å². The molecule has 4 heteroatoms. The molecule has 0 bridgehead atoms. The first kappa shape index (κ1) is 10.5. The summed E-state index contributed by atoms with van der Waals surface area (Å²) < 4.78 is 1.89. The van der Waals surface area contributed by atoms with Gasteiger partial charge in [0.2, 0.25) is 0 Å². The van der Waals surface area contributed by atoms with Crippen molar-refractivity contribution in [2.75, 3.05) is 13.1 Å². The minimum atomic E-state index is 0.682. The van der Waals surface area contributed by atoms with Crippen molar-refractivity contribution in [1.29, 1.82) is 0 Å². The highest BCUT2D eigenvalue weighted by molar-refractivity contribution is 5.41. The summed E-state index contributed by atoms with van der Waals surface area (Å²) in [5, 5.41) is 4.66. The van der Waals surface area contributed by atoms with E-state index in [9.17, 15) is 0 Å². The Bertz CT molecular complexity index is 543. The molecular formula is C14H18N4. The van der Waals surface area contributed by atoms with Crippen LogP contribution in [0, 0.1) is 11.8 Å². The monoisotopic (exact) mass is 242 g/mol. The normalized spacial score (nSPS) is 31.2. The molecule has 1 saturated carbocycles. The Morgan fingerprint density at radius 2 is 2.06 bits per heavy atom. The highest BCUT2D eigenvalue weighted by Gasteiger charge is 2.57. The van der Waals surface area contributed by atoms with Crippen molar-refractivity contribution < 1.29 is 0 Å². The zero-order valence-corrected chi connectivity index (χ0v) is 10.8. The molecule has 18 heavy (non-hydrogen) atoms. The molecule has 2 aromatic heterocycles. The van der Waals surface area contributed by atoms with E-state index in [0.29, 0.717) is 12.0 Å². The van der Waals surface area contributed by atoms with Gasteiger partial charge in [0.1, 0.15) is 0 Å². The maximum Gasteiger partial charge on any atom is 0.155 e. The molecule has 4 rings (SSSR count). The Morgan fingerprint density at radius 1 is 1.28 bits per heavy atom. The zero-order chi connectivity index (χ0) is 12.3. The molecule has 0 spiro atoms. The fourth-order valence-corrected chi connectivity index (χ4v) is 3.43. The molecule has 0 radical (unpaired) electrons. The van der Waals surface area contributed by atoms with Crippen molar-refractivity contribution in [3.63, 3.8) is 0 Å². The van der Waals surface area contributed by atoms with Crippen LogP contribution in [0.25, 0.3) is 5.65 Å². The third kappa shape index (κ3) is 1.42. The Balaban J connectivity index is 1.57. The topological polar surface area (TPSA) is 33.4 Å². The van der Waals surface area contributed by atoms with Gasteiger partial charge in [0.05, 0.1) is 5.69 Å². The number of nitrogens with zero attached hydrogens (tertiary/aromatic N) is 4. The van der Waals surface area contributed by atoms with Crippen LogP contribution in [0.1, 0.15) is 25.5 Å². The molecule has 94 valence electrons. The van der Waals surface area contributed by atoms with Gasteiger partial charge in [0.15, 0.2) is 5.65 Å². The Hall–Kier alpha value is -1.42. The third-order valence-corrected chi connectivity index (χ3v) is 4.55. The van der Waals surface area contributed by atoms with E-state index in [4.69, 9.17) is 0 Å². The summed E-state index contributed by atoms with van der Waals surface area (Å²) >= 11 is 0. The van der Waals surface area contributed by atoms with Crippen LogP contribution in [0.5, 0.6) is 0 Å². The fraction of sp³-hybridized carbons (Fsp3) is 0.571. The first-order valence-electron chi connectivity index (χ1n) is 6.78. The van der Waals surface area contributed by atoms with Crippen LogP contribution in [-0.4, -0.2) is 38.6 Å². The number of piperidine rings is 1. The summed E-state index contributed by atoms with van der Waals surface area (Å²) in [5.41, 5.74) is 2.21. The maximum atomic E-state index is 4.66. The largest absolute Gasteiger partial charge is 0.300 e. The number of aromatic nitrogens is 3. The molecule has 2 aromatic rings. The van der Waals surface area contributed by atoms with E-state index in [2.05, 4.69) is 34.9 Å². The standard InChI is InChI=1S/C14H18N4/c1-9(2)17-7-10-11(8-17)14(10)12-6-13-15-4-3-5-18(13)16-12/h3-6,9-11,14H,7-8H2,1-2H3. The molecule has 2 fully saturated rings. The molecule has 3 heterocycles. The number of hydrogen-bond donors (Lipinski definition) is 0. The molecule has 2 unspecified atom stereocenters. The van der Waals surface area contributed by atoms with E-state index in [1.54, 1.807) is 0 Å². The average molecular weight is 242 g/mol. The number of hydrogen-bond acceptors (Lipinski definition) is 3. The Labute approximate surface area is 107 Å². The summed E-state index contributed by atoms with van der Waals surface area (Å²) in [6.07, 6.45) is 3.80. The van der Waals surface area contributed by atoms with Gasteiger partial charge in [-0.1, -0.05) is 0 Å². The van der Waals surface area contributed by atoms with Crippen LogP contribution >= 0.6 is 0 Å². The van der Waals surface area contributed by atoms with Gasteiger partial charge in [0.25, 0.3) is 0 Å². The molecule has 1 aliphatic heterocycles. The summed E-state index contributed by atoms with van der Waals surface area (Å²) in [4.78, 5) is 6.92. The second kappa shape index (κ2) is 3.54. The Morgan fingerprint density at radius 3 is 2.72 bits per heavy atom. The van der Waals surface area contributed by atoms with Crippen LogP contribution in [0.4, 0.5) is 0 Å². The van der Waals surface area contributed by atoms with Gasteiger partial charge in [-0.3, -0.25) is 0 Å². The van der Waals surface area contributed by atoms with Gasteiger partial charge in [-0.05, 0) is 31.7 Å². The molecule has 0 aromatic carbocycles. The lowest BCUT2D eigenvalue weighted by atomic mass is 10.2. The predicted octanol–water partition coefficient (Wildman–Crippen LogP) is 1.78. The third-order valence-electron chi connectivity index (χ3n) is 4.55. The van der Waals surface area contributed by atoms with Crippen molar-refractivity contribution in [3.8, 4) is 0 Å². The van der Waals surface area contributed by atoms with Gasteiger partial charge in [-0.25, -0.2) is 9.50 Å². The second-order valence-electron chi connectivity index (χ2n) is 5.89. The predicted molar refractivity (Wildman–Crippen MR) is 69.4 cm³/mol. The molecule has 1 saturated heterocycles. The molecule has 4 nitrogen and oxygen atoms in total. The highest BCUT2D eigenvalue weighted by Crippen LogP contribution is 2.58. The fourth-order valence-electron chi connectivity index (χ4n) is 3.43. The van der Waals surface area contributed by atoms with Crippen molar-refractivity contribution in [2.45, 2.75) is 25.8 Å². The average Bonchev–Trinajstić information content (AvgIpc) is 2.79. The molecule has 1 aliphatic carbocycles. The lowest BCUT2D eigenvalue weighted by molar-refractivity contribution is 0.242. The summed E-state index contributed by atoms with van der Waals surface area (Å²) in [6, 6.07) is 4.77. The van der Waals surface area contributed by atoms with Crippen molar-refractivity contribution >= 4 is 5.65 Å². The van der Waals surface area contributed by atoms with Crippen molar-refractivity contribution in [2.24, 2.45) is 11.8 Å². The van der Waals surface area contributed by atoms with Gasteiger partial charge < -0.3 is 4.90 Å². The van der Waals surface area contributed by atoms with Crippen LogP contribution < -0.4 is 0 Å². The molecule has 2 aliphatic rings. The molecule has 2 atom stereocenters. The van der Waals surface area contributed by atoms with Crippen LogP contribution in [0.15, 0.2) is 24.5 Å². The lowest BCUT2D eigenvalue weighted by Crippen LogP contribution is -2.31. The Kier molecular flexibility index (Phi) is 2.07. The summed E-state index contributed by atoms with van der Waals surface area (Å²) in [5.74, 6) is 2.34. The second-order valence-corrected chi connectivity index (χ2v) is 5.89. The van der Waals surface area contributed by atoms with E-state index >= 15 is 0 Å². The van der Waals surface area contributed by atoms with E-state index in [1.165, 1.54) is 18.8 Å². The van der Waals surface area contributed by atoms with E-state index in [0.717, 1.165) is 17.5 Å². The minimum absolute atomic E-state index is 0.682. The highest BCUT2D eigenvalue weighted by atomic mass is 15.3. The zero-order valence-electron chi connectivity index (χ0n) is 10.8. The van der Waals surface area contributed by atoms with Gasteiger partial charge in [-0.15, -0.1) is 0 Å². The van der Waals surface area contributed by atoms with E-state index < -0.39 is 0 Å². The SMILES string of the molecule is CC(C)N1CC2C(C1)C2c1cc2ncccn2n1. The molecule has 0 N–H and O–H groups in total. The summed E-state index contributed by atoms with van der Waals surface area (Å²) in [7, 11) is 0. The molecular weight excluding hydrogens is 224 g/mol. The quantitative estimate of drug-likeness (QED) is 0.805. The van der Waals surface area contributed by atoms with E-state index in [1.807, 2.05) is 23.0 Å². The van der Waals surface area contributed by atoms with Crippen LogP contribution in [-0.2, 0) is 0 Å². The minimum Gasteiger partial charge on any atom is -0.300 e. The molecule has 0 amide bonds. The summed E-state index contributed by atoms with van der Waals surface area (Å²) in [6.45, 7) is 7.06. The van der Waals surface area contributed by atoms with Gasteiger partial charge >= 0.3 is 0 Å². The first-order chi connectivity index (χ1) is 8.74. The van der Waals surface area contributed by atoms with Gasteiger partial charge in [0, 0.05) is 43.5 Å². The first-order valence-corrected chi connectivity index (χ1v) is 6.78.